The van der Waals surface area contributed by atoms with Crippen LogP contribution in [0.1, 0.15) is 42.9 Å². The van der Waals surface area contributed by atoms with Crippen molar-refractivity contribution in [3.63, 3.8) is 0 Å². The van der Waals surface area contributed by atoms with Crippen molar-refractivity contribution in [2.45, 2.75) is 39.0 Å². The molecule has 1 unspecified atom stereocenters. The molecular formula is C19H22O. The second kappa shape index (κ2) is 7.04. The Bertz CT molecular complexity index is 540. The first-order valence-electron chi connectivity index (χ1n) is 7.31. The fraction of sp³-hybridized carbons (Fsp3) is 0.316. The quantitative estimate of drug-likeness (QED) is 0.749. The lowest BCUT2D eigenvalue weighted by molar-refractivity contribution is -0.116. The summed E-state index contributed by atoms with van der Waals surface area (Å²) < 4.78 is 0. The highest BCUT2D eigenvalue weighted by Crippen LogP contribution is 2.24. The van der Waals surface area contributed by atoms with Gasteiger partial charge in [-0.3, -0.25) is 4.79 Å². The lowest BCUT2D eigenvalue weighted by Crippen LogP contribution is -2.03. The van der Waals surface area contributed by atoms with Gasteiger partial charge in [0.15, 0.2) is 0 Å². The highest BCUT2D eigenvalue weighted by molar-refractivity contribution is 5.78. The Balaban J connectivity index is 2.09. The molecular weight excluding hydrogens is 244 g/mol. The average Bonchev–Trinajstić information content (AvgIpc) is 2.46. The van der Waals surface area contributed by atoms with E-state index in [-0.39, 0.29) is 5.78 Å². The molecule has 0 spiro atoms. The summed E-state index contributed by atoms with van der Waals surface area (Å²) in [4.78, 5) is 11.1. The van der Waals surface area contributed by atoms with Gasteiger partial charge in [-0.1, -0.05) is 61.5 Å². The van der Waals surface area contributed by atoms with Crippen molar-refractivity contribution in [3.05, 3.63) is 71.3 Å². The maximum absolute atomic E-state index is 11.1. The van der Waals surface area contributed by atoms with Gasteiger partial charge in [0.1, 0.15) is 5.78 Å². The third kappa shape index (κ3) is 4.06. The number of carbonyl (C=O) groups is 1. The van der Waals surface area contributed by atoms with Gasteiger partial charge < -0.3 is 0 Å². The first-order chi connectivity index (χ1) is 9.69. The molecule has 0 aliphatic rings. The van der Waals surface area contributed by atoms with E-state index in [0.29, 0.717) is 12.3 Å². The first kappa shape index (κ1) is 14.5. The van der Waals surface area contributed by atoms with Gasteiger partial charge in [0, 0.05) is 6.42 Å². The summed E-state index contributed by atoms with van der Waals surface area (Å²) in [5, 5.41) is 0. The van der Waals surface area contributed by atoms with E-state index in [4.69, 9.17) is 0 Å². The molecule has 0 bridgehead atoms. The van der Waals surface area contributed by atoms with E-state index in [1.165, 1.54) is 11.1 Å². The van der Waals surface area contributed by atoms with Crippen molar-refractivity contribution in [2.75, 3.05) is 0 Å². The van der Waals surface area contributed by atoms with Crippen molar-refractivity contribution >= 4 is 5.78 Å². The average molecular weight is 266 g/mol. The molecule has 0 radical (unpaired) electrons. The Hall–Kier alpha value is -1.89. The summed E-state index contributed by atoms with van der Waals surface area (Å²) in [6, 6.07) is 19.1. The molecule has 2 aromatic rings. The van der Waals surface area contributed by atoms with Crippen LogP contribution in [0.5, 0.6) is 0 Å². The SMILES string of the molecule is CCC(Cc1ccccc1)c1ccc(CC(C)=O)cc1. The number of benzene rings is 2. The predicted octanol–water partition coefficient (Wildman–Crippen LogP) is 4.55. The molecule has 0 N–H and O–H groups in total. The molecule has 0 fully saturated rings. The second-order valence-electron chi connectivity index (χ2n) is 5.42. The minimum atomic E-state index is 0.217. The molecule has 1 atom stereocenters. The first-order valence-corrected chi connectivity index (χ1v) is 7.31. The van der Waals surface area contributed by atoms with Crippen LogP contribution in [0.4, 0.5) is 0 Å². The Kier molecular flexibility index (Phi) is 5.11. The molecule has 0 heterocycles. The number of carbonyl (C=O) groups excluding carboxylic acids is 1. The van der Waals surface area contributed by atoms with Crippen LogP contribution in [0.15, 0.2) is 54.6 Å². The minimum absolute atomic E-state index is 0.217. The topological polar surface area (TPSA) is 17.1 Å². The highest BCUT2D eigenvalue weighted by atomic mass is 16.1. The molecule has 2 rings (SSSR count). The third-order valence-electron chi connectivity index (χ3n) is 3.72. The number of hydrogen-bond acceptors (Lipinski definition) is 1. The van der Waals surface area contributed by atoms with E-state index < -0.39 is 0 Å². The lowest BCUT2D eigenvalue weighted by atomic mass is 9.89. The maximum atomic E-state index is 11.1. The van der Waals surface area contributed by atoms with Gasteiger partial charge in [-0.25, -0.2) is 0 Å². The normalized spacial score (nSPS) is 12.1. The van der Waals surface area contributed by atoms with Gasteiger partial charge in [-0.15, -0.1) is 0 Å². The molecule has 1 heteroatoms. The van der Waals surface area contributed by atoms with Gasteiger partial charge in [0.2, 0.25) is 0 Å². The van der Waals surface area contributed by atoms with E-state index >= 15 is 0 Å². The van der Waals surface area contributed by atoms with E-state index in [0.717, 1.165) is 18.4 Å². The summed E-state index contributed by atoms with van der Waals surface area (Å²) in [5.74, 6) is 0.762. The molecule has 0 amide bonds. The second-order valence-corrected chi connectivity index (χ2v) is 5.42. The molecule has 104 valence electrons. The molecule has 0 saturated carbocycles. The van der Waals surface area contributed by atoms with Gasteiger partial charge in [-0.2, -0.15) is 0 Å². The summed E-state index contributed by atoms with van der Waals surface area (Å²) in [6.45, 7) is 3.87. The Morgan fingerprint density at radius 3 is 2.15 bits per heavy atom. The van der Waals surface area contributed by atoms with Crippen molar-refractivity contribution in [3.8, 4) is 0 Å². The van der Waals surface area contributed by atoms with Crippen LogP contribution >= 0.6 is 0 Å². The van der Waals surface area contributed by atoms with Crippen molar-refractivity contribution < 1.29 is 4.79 Å². The smallest absolute Gasteiger partial charge is 0.134 e. The van der Waals surface area contributed by atoms with E-state index in [1.54, 1.807) is 6.92 Å². The lowest BCUT2D eigenvalue weighted by Gasteiger charge is -2.16. The number of hydrogen-bond donors (Lipinski definition) is 0. The fourth-order valence-corrected chi connectivity index (χ4v) is 2.59. The molecule has 0 aromatic heterocycles. The highest BCUT2D eigenvalue weighted by Gasteiger charge is 2.10. The van der Waals surface area contributed by atoms with Crippen LogP contribution in [0, 0.1) is 0 Å². The van der Waals surface area contributed by atoms with Gasteiger partial charge in [-0.05, 0) is 42.4 Å². The third-order valence-corrected chi connectivity index (χ3v) is 3.72. The summed E-state index contributed by atoms with van der Waals surface area (Å²) in [6.07, 6.45) is 2.74. The monoisotopic (exact) mass is 266 g/mol. The summed E-state index contributed by atoms with van der Waals surface area (Å²) in [5.41, 5.74) is 3.85. The summed E-state index contributed by atoms with van der Waals surface area (Å²) in [7, 11) is 0. The van der Waals surface area contributed by atoms with Gasteiger partial charge in [0.05, 0.1) is 0 Å². The minimum Gasteiger partial charge on any atom is -0.300 e. The van der Waals surface area contributed by atoms with Crippen LogP contribution in [-0.2, 0) is 17.6 Å². The van der Waals surface area contributed by atoms with Crippen LogP contribution in [-0.4, -0.2) is 5.78 Å². The Labute approximate surface area is 121 Å². The molecule has 1 nitrogen and oxygen atoms in total. The fourth-order valence-electron chi connectivity index (χ4n) is 2.59. The van der Waals surface area contributed by atoms with Gasteiger partial charge >= 0.3 is 0 Å². The number of rotatable bonds is 6. The maximum Gasteiger partial charge on any atom is 0.134 e. The molecule has 0 aliphatic carbocycles. The van der Waals surface area contributed by atoms with E-state index in [1.807, 2.05) is 0 Å². The van der Waals surface area contributed by atoms with E-state index in [9.17, 15) is 4.79 Å². The number of ketones is 1. The van der Waals surface area contributed by atoms with Crippen molar-refractivity contribution in [1.29, 1.82) is 0 Å². The van der Waals surface area contributed by atoms with Crippen LogP contribution in [0.25, 0.3) is 0 Å². The largest absolute Gasteiger partial charge is 0.300 e. The molecule has 20 heavy (non-hydrogen) atoms. The Morgan fingerprint density at radius 1 is 0.950 bits per heavy atom. The van der Waals surface area contributed by atoms with Crippen LogP contribution in [0.2, 0.25) is 0 Å². The molecule has 0 saturated heterocycles. The van der Waals surface area contributed by atoms with Gasteiger partial charge in [0.25, 0.3) is 0 Å². The van der Waals surface area contributed by atoms with Crippen LogP contribution in [0.3, 0.4) is 0 Å². The number of Topliss-reactive ketones (excluding diaryl/α,β-unsaturated/α-hetero) is 1. The summed E-state index contributed by atoms with van der Waals surface area (Å²) >= 11 is 0. The van der Waals surface area contributed by atoms with Crippen LogP contribution < -0.4 is 0 Å². The standard InChI is InChI=1S/C19H22O/c1-3-18(14-16-7-5-4-6-8-16)19-11-9-17(10-12-19)13-15(2)20/h4-12,18H,3,13-14H2,1-2H3. The zero-order valence-electron chi connectivity index (χ0n) is 12.3. The van der Waals surface area contributed by atoms with Crippen molar-refractivity contribution in [2.24, 2.45) is 0 Å². The van der Waals surface area contributed by atoms with E-state index in [2.05, 4.69) is 61.5 Å². The molecule has 0 aliphatic heterocycles. The zero-order valence-corrected chi connectivity index (χ0v) is 12.3. The Morgan fingerprint density at radius 2 is 1.60 bits per heavy atom. The zero-order chi connectivity index (χ0) is 14.4. The van der Waals surface area contributed by atoms with Crippen molar-refractivity contribution in [1.82, 2.24) is 0 Å². The molecule has 2 aromatic carbocycles. The predicted molar refractivity (Wildman–Crippen MR) is 84.0 cm³/mol.